The number of carbonyl (C=O) groups excluding carboxylic acids is 1. The molecule has 0 aliphatic rings. The molecule has 0 aliphatic heterocycles. The number of carboxylic acid groups (broad SMARTS) is 1. The molecule has 1 aromatic heterocycles. The summed E-state index contributed by atoms with van der Waals surface area (Å²) in [7, 11) is 0. The van der Waals surface area contributed by atoms with Gasteiger partial charge in [0.2, 0.25) is 5.82 Å². The van der Waals surface area contributed by atoms with Crippen molar-refractivity contribution in [2.24, 2.45) is 0 Å². The first-order valence-corrected chi connectivity index (χ1v) is 6.97. The molecule has 0 saturated heterocycles. The summed E-state index contributed by atoms with van der Waals surface area (Å²) in [4.78, 5) is 27.3. The lowest BCUT2D eigenvalue weighted by atomic mass is 10.1. The van der Waals surface area contributed by atoms with E-state index in [1.807, 2.05) is 13.8 Å². The molecule has 0 unspecified atom stereocenters. The van der Waals surface area contributed by atoms with Crippen LogP contribution in [0.4, 0.5) is 0 Å². The SMILES string of the molecule is CCNC(=O)c1cc2nc(C(=O)O)n(C(C)C)c2cc1Cl. The van der Waals surface area contributed by atoms with E-state index in [-0.39, 0.29) is 28.4 Å². The lowest BCUT2D eigenvalue weighted by Gasteiger charge is -2.11. The Hall–Kier alpha value is -2.08. The number of carboxylic acids is 1. The summed E-state index contributed by atoms with van der Waals surface area (Å²) < 4.78 is 1.59. The average molecular weight is 310 g/mol. The maximum atomic E-state index is 11.9. The summed E-state index contributed by atoms with van der Waals surface area (Å²) in [5.74, 6) is -1.49. The fourth-order valence-corrected chi connectivity index (χ4v) is 2.46. The normalized spacial score (nSPS) is 11.1. The van der Waals surface area contributed by atoms with Gasteiger partial charge < -0.3 is 15.0 Å². The van der Waals surface area contributed by atoms with Crippen LogP contribution < -0.4 is 5.32 Å². The Morgan fingerprint density at radius 3 is 2.62 bits per heavy atom. The summed E-state index contributed by atoms with van der Waals surface area (Å²) in [5, 5.41) is 12.2. The highest BCUT2D eigenvalue weighted by molar-refractivity contribution is 6.34. The first-order valence-electron chi connectivity index (χ1n) is 6.59. The minimum absolute atomic E-state index is 0.0656. The summed E-state index contributed by atoms with van der Waals surface area (Å²) >= 11 is 6.15. The van der Waals surface area contributed by atoms with Crippen molar-refractivity contribution in [2.75, 3.05) is 6.54 Å². The van der Waals surface area contributed by atoms with Gasteiger partial charge in [0.25, 0.3) is 5.91 Å². The number of nitrogens with one attached hydrogen (secondary N) is 1. The highest BCUT2D eigenvalue weighted by Crippen LogP contribution is 2.27. The predicted octanol–water partition coefficient (Wildman–Crippen LogP) is 2.72. The molecule has 6 nitrogen and oxygen atoms in total. The number of aromatic carboxylic acids is 1. The highest BCUT2D eigenvalue weighted by atomic mass is 35.5. The van der Waals surface area contributed by atoms with E-state index in [2.05, 4.69) is 10.3 Å². The molecule has 2 rings (SSSR count). The van der Waals surface area contributed by atoms with E-state index in [1.165, 1.54) is 6.07 Å². The number of hydrogen-bond donors (Lipinski definition) is 2. The Morgan fingerprint density at radius 2 is 2.10 bits per heavy atom. The second kappa shape index (κ2) is 5.73. The third-order valence-corrected chi connectivity index (χ3v) is 3.38. The Bertz CT molecular complexity index is 722. The van der Waals surface area contributed by atoms with Crippen molar-refractivity contribution in [3.05, 3.63) is 28.5 Å². The van der Waals surface area contributed by atoms with E-state index < -0.39 is 5.97 Å². The minimum Gasteiger partial charge on any atom is -0.475 e. The van der Waals surface area contributed by atoms with Crippen LogP contribution in [-0.2, 0) is 0 Å². The Morgan fingerprint density at radius 1 is 1.43 bits per heavy atom. The molecule has 0 aliphatic carbocycles. The minimum atomic E-state index is -1.12. The number of fused-ring (bicyclic) bond motifs is 1. The van der Waals surface area contributed by atoms with Crippen LogP contribution in [0.2, 0.25) is 5.02 Å². The molecule has 2 aromatic rings. The van der Waals surface area contributed by atoms with Crippen LogP contribution in [0.5, 0.6) is 0 Å². The second-order valence-corrected chi connectivity index (χ2v) is 5.29. The summed E-state index contributed by atoms with van der Waals surface area (Å²) in [5.41, 5.74) is 1.32. The maximum absolute atomic E-state index is 11.9. The molecule has 2 N–H and O–H groups in total. The van der Waals surface area contributed by atoms with Crippen LogP contribution in [0, 0.1) is 0 Å². The molecule has 7 heteroatoms. The third-order valence-electron chi connectivity index (χ3n) is 3.07. The van der Waals surface area contributed by atoms with Gasteiger partial charge in [0.05, 0.1) is 21.6 Å². The monoisotopic (exact) mass is 309 g/mol. The number of halogens is 1. The predicted molar refractivity (Wildman–Crippen MR) is 80.1 cm³/mol. The van der Waals surface area contributed by atoms with Crippen LogP contribution in [0.1, 0.15) is 47.8 Å². The Labute approximate surface area is 126 Å². The smallest absolute Gasteiger partial charge is 0.372 e. The van der Waals surface area contributed by atoms with E-state index in [0.717, 1.165) is 0 Å². The standard InChI is InChI=1S/C14H16ClN3O3/c1-4-16-13(19)8-5-10-11(6-9(8)15)18(7(2)3)12(17-10)14(20)21/h5-7H,4H2,1-3H3,(H,16,19)(H,20,21). The molecule has 1 aromatic carbocycles. The second-order valence-electron chi connectivity index (χ2n) is 4.88. The van der Waals surface area contributed by atoms with Gasteiger partial charge in [-0.25, -0.2) is 9.78 Å². The van der Waals surface area contributed by atoms with Gasteiger partial charge >= 0.3 is 5.97 Å². The number of hydrogen-bond acceptors (Lipinski definition) is 3. The van der Waals surface area contributed by atoms with Gasteiger partial charge in [-0.05, 0) is 32.9 Å². The summed E-state index contributed by atoms with van der Waals surface area (Å²) in [6.07, 6.45) is 0. The molecule has 1 amide bonds. The Balaban J connectivity index is 2.70. The lowest BCUT2D eigenvalue weighted by molar-refractivity contribution is 0.0677. The molecule has 0 bridgehead atoms. The molecule has 0 atom stereocenters. The molecule has 1 heterocycles. The zero-order valence-electron chi connectivity index (χ0n) is 12.0. The molecule has 0 radical (unpaired) electrons. The highest BCUT2D eigenvalue weighted by Gasteiger charge is 2.21. The molecule has 112 valence electrons. The van der Waals surface area contributed by atoms with Crippen molar-refractivity contribution < 1.29 is 14.7 Å². The van der Waals surface area contributed by atoms with Gasteiger partial charge in [-0.3, -0.25) is 4.79 Å². The fraction of sp³-hybridized carbons (Fsp3) is 0.357. The molecule has 0 fully saturated rings. The lowest BCUT2D eigenvalue weighted by Crippen LogP contribution is -2.22. The van der Waals surface area contributed by atoms with Crippen molar-refractivity contribution in [1.82, 2.24) is 14.9 Å². The summed E-state index contributed by atoms with van der Waals surface area (Å²) in [6.45, 7) is 6.01. The van der Waals surface area contributed by atoms with E-state index in [1.54, 1.807) is 17.6 Å². The topological polar surface area (TPSA) is 84.2 Å². The quantitative estimate of drug-likeness (QED) is 0.909. The van der Waals surface area contributed by atoms with Gasteiger partial charge in [0, 0.05) is 12.6 Å². The zero-order chi connectivity index (χ0) is 15.7. The van der Waals surface area contributed by atoms with E-state index >= 15 is 0 Å². The molecule has 0 spiro atoms. The van der Waals surface area contributed by atoms with Crippen LogP contribution in [0.3, 0.4) is 0 Å². The van der Waals surface area contributed by atoms with Gasteiger partial charge in [-0.2, -0.15) is 0 Å². The number of rotatable bonds is 4. The van der Waals surface area contributed by atoms with Gasteiger partial charge in [-0.1, -0.05) is 11.6 Å². The van der Waals surface area contributed by atoms with Gasteiger partial charge in [0.15, 0.2) is 0 Å². The zero-order valence-corrected chi connectivity index (χ0v) is 12.7. The number of nitrogens with zero attached hydrogens (tertiary/aromatic N) is 2. The number of carbonyl (C=O) groups is 2. The van der Waals surface area contributed by atoms with Gasteiger partial charge in [-0.15, -0.1) is 0 Å². The number of imidazole rings is 1. The van der Waals surface area contributed by atoms with Crippen LogP contribution >= 0.6 is 11.6 Å². The molecule has 21 heavy (non-hydrogen) atoms. The third kappa shape index (κ3) is 2.71. The van der Waals surface area contributed by atoms with Crippen LogP contribution in [0.25, 0.3) is 11.0 Å². The molecule has 0 saturated carbocycles. The molecular formula is C14H16ClN3O3. The molecular weight excluding hydrogens is 294 g/mol. The first kappa shape index (κ1) is 15.3. The largest absolute Gasteiger partial charge is 0.475 e. The fourth-order valence-electron chi connectivity index (χ4n) is 2.22. The number of amides is 1. The van der Waals surface area contributed by atoms with Crippen molar-refractivity contribution in [2.45, 2.75) is 26.8 Å². The van der Waals surface area contributed by atoms with Crippen molar-refractivity contribution in [1.29, 1.82) is 0 Å². The van der Waals surface area contributed by atoms with E-state index in [9.17, 15) is 14.7 Å². The first-order chi connectivity index (χ1) is 9.86. The van der Waals surface area contributed by atoms with E-state index in [0.29, 0.717) is 17.6 Å². The Kier molecular flexibility index (Phi) is 4.18. The van der Waals surface area contributed by atoms with Crippen molar-refractivity contribution in [3.63, 3.8) is 0 Å². The number of benzene rings is 1. The average Bonchev–Trinajstić information content (AvgIpc) is 2.76. The van der Waals surface area contributed by atoms with Gasteiger partial charge in [0.1, 0.15) is 0 Å². The number of aromatic nitrogens is 2. The maximum Gasteiger partial charge on any atom is 0.372 e. The van der Waals surface area contributed by atoms with Crippen LogP contribution in [-0.4, -0.2) is 33.1 Å². The van der Waals surface area contributed by atoms with Crippen LogP contribution in [0.15, 0.2) is 12.1 Å². The van der Waals surface area contributed by atoms with Crippen molar-refractivity contribution >= 4 is 34.5 Å². The van der Waals surface area contributed by atoms with Crippen molar-refractivity contribution in [3.8, 4) is 0 Å². The summed E-state index contributed by atoms with van der Waals surface area (Å²) in [6, 6.07) is 3.02. The van der Waals surface area contributed by atoms with E-state index in [4.69, 9.17) is 11.6 Å².